The number of carbonyl (C=O) groups excluding carboxylic acids is 1. The Balaban J connectivity index is 1.72. The molecule has 1 aliphatic rings. The molecule has 144 valence electrons. The topological polar surface area (TPSA) is 50.8 Å². The number of nitrogens with zero attached hydrogens (tertiary/aromatic N) is 1. The van der Waals surface area contributed by atoms with E-state index in [1.165, 1.54) is 16.7 Å². The molecule has 27 heavy (non-hydrogen) atoms. The first-order chi connectivity index (χ1) is 12.9. The first-order valence-corrected chi connectivity index (χ1v) is 9.28. The Morgan fingerprint density at radius 2 is 1.59 bits per heavy atom. The Kier molecular flexibility index (Phi) is 5.59. The minimum Gasteiger partial charge on any atom is -0.493 e. The van der Waals surface area contributed by atoms with Crippen molar-refractivity contribution >= 4 is 6.03 Å². The third kappa shape index (κ3) is 4.18. The molecule has 1 N–H and O–H groups in total. The summed E-state index contributed by atoms with van der Waals surface area (Å²) in [4.78, 5) is 14.7. The van der Waals surface area contributed by atoms with Gasteiger partial charge in [-0.15, -0.1) is 0 Å². The summed E-state index contributed by atoms with van der Waals surface area (Å²) in [6.07, 6.45) is 0.807. The summed E-state index contributed by atoms with van der Waals surface area (Å²) in [7, 11) is 3.27. The summed E-state index contributed by atoms with van der Waals surface area (Å²) in [5.41, 5.74) is 5.86. The molecule has 0 aliphatic carbocycles. The van der Waals surface area contributed by atoms with Crippen molar-refractivity contribution in [1.29, 1.82) is 0 Å². The monoisotopic (exact) mass is 368 g/mol. The van der Waals surface area contributed by atoms with Gasteiger partial charge in [0.15, 0.2) is 11.5 Å². The minimum absolute atomic E-state index is 0.0390. The molecule has 0 saturated carbocycles. The number of fused-ring (bicyclic) bond motifs is 1. The number of urea groups is 1. The van der Waals surface area contributed by atoms with E-state index in [1.807, 2.05) is 24.0 Å². The van der Waals surface area contributed by atoms with E-state index in [0.29, 0.717) is 18.8 Å². The fourth-order valence-corrected chi connectivity index (χ4v) is 3.68. The highest BCUT2D eigenvalue weighted by atomic mass is 16.5. The van der Waals surface area contributed by atoms with Crippen molar-refractivity contribution in [2.75, 3.05) is 20.8 Å². The van der Waals surface area contributed by atoms with Crippen molar-refractivity contribution in [3.63, 3.8) is 0 Å². The number of hydrogen-bond acceptors (Lipinski definition) is 3. The lowest BCUT2D eigenvalue weighted by Crippen LogP contribution is -2.43. The smallest absolute Gasteiger partial charge is 0.318 e. The van der Waals surface area contributed by atoms with Crippen LogP contribution in [0.4, 0.5) is 4.79 Å². The van der Waals surface area contributed by atoms with Gasteiger partial charge in [-0.05, 0) is 56.0 Å². The van der Waals surface area contributed by atoms with Crippen LogP contribution in [0.25, 0.3) is 0 Å². The molecule has 5 nitrogen and oxygen atoms in total. The predicted molar refractivity (Wildman–Crippen MR) is 107 cm³/mol. The fourth-order valence-electron chi connectivity index (χ4n) is 3.68. The van der Waals surface area contributed by atoms with Crippen LogP contribution in [0.5, 0.6) is 11.5 Å². The number of benzene rings is 2. The van der Waals surface area contributed by atoms with Crippen molar-refractivity contribution < 1.29 is 14.3 Å². The Labute approximate surface area is 161 Å². The molecular formula is C22H28N2O3. The first kappa shape index (κ1) is 19.1. The zero-order chi connectivity index (χ0) is 19.6. The van der Waals surface area contributed by atoms with E-state index < -0.39 is 0 Å². The van der Waals surface area contributed by atoms with Gasteiger partial charge in [0.05, 0.1) is 20.3 Å². The van der Waals surface area contributed by atoms with Crippen LogP contribution in [0.2, 0.25) is 0 Å². The number of methoxy groups -OCH3 is 2. The molecule has 0 radical (unpaired) electrons. The maximum absolute atomic E-state index is 12.8. The van der Waals surface area contributed by atoms with Crippen LogP contribution >= 0.6 is 0 Å². The molecule has 2 aromatic rings. The molecule has 2 amide bonds. The van der Waals surface area contributed by atoms with Gasteiger partial charge in [-0.3, -0.25) is 0 Å². The van der Waals surface area contributed by atoms with E-state index in [9.17, 15) is 4.79 Å². The maximum Gasteiger partial charge on any atom is 0.318 e. The lowest BCUT2D eigenvalue weighted by Gasteiger charge is -2.31. The molecule has 1 heterocycles. The van der Waals surface area contributed by atoms with Crippen molar-refractivity contribution in [2.45, 2.75) is 39.8 Å². The van der Waals surface area contributed by atoms with Gasteiger partial charge in [0.25, 0.3) is 0 Å². The van der Waals surface area contributed by atoms with Crippen LogP contribution in [0.15, 0.2) is 30.3 Å². The fraction of sp³-hybridized carbons (Fsp3) is 0.409. The Morgan fingerprint density at radius 3 is 2.19 bits per heavy atom. The lowest BCUT2D eigenvalue weighted by atomic mass is 9.99. The quantitative estimate of drug-likeness (QED) is 0.882. The van der Waals surface area contributed by atoms with E-state index in [-0.39, 0.29) is 12.1 Å². The second kappa shape index (κ2) is 7.91. The van der Waals surface area contributed by atoms with E-state index >= 15 is 0 Å². The van der Waals surface area contributed by atoms with Gasteiger partial charge in [-0.25, -0.2) is 4.79 Å². The molecule has 1 unspecified atom stereocenters. The summed E-state index contributed by atoms with van der Waals surface area (Å²) in [5, 5.41) is 3.13. The van der Waals surface area contributed by atoms with E-state index in [4.69, 9.17) is 9.47 Å². The molecular weight excluding hydrogens is 340 g/mol. The lowest BCUT2D eigenvalue weighted by molar-refractivity contribution is 0.189. The van der Waals surface area contributed by atoms with Gasteiger partial charge < -0.3 is 19.7 Å². The second-order valence-electron chi connectivity index (χ2n) is 7.24. The number of amides is 2. The zero-order valence-corrected chi connectivity index (χ0v) is 16.8. The Bertz CT molecular complexity index is 827. The molecule has 1 atom stereocenters. The SMILES string of the molecule is COc1cc2c(cc1OC)CN(C(=O)NC(C)c1cc(C)cc(C)c1)CC2. The van der Waals surface area contributed by atoms with E-state index in [1.54, 1.807) is 14.2 Å². The molecule has 0 saturated heterocycles. The summed E-state index contributed by atoms with van der Waals surface area (Å²) >= 11 is 0. The normalized spacial score (nSPS) is 14.3. The number of nitrogens with one attached hydrogen (secondary N) is 1. The van der Waals surface area contributed by atoms with Gasteiger partial charge in [-0.1, -0.05) is 29.3 Å². The Morgan fingerprint density at radius 1 is 1.00 bits per heavy atom. The molecule has 1 aliphatic heterocycles. The molecule has 0 fully saturated rings. The predicted octanol–water partition coefficient (Wildman–Crippen LogP) is 4.15. The summed E-state index contributed by atoms with van der Waals surface area (Å²) in [5.74, 6) is 1.43. The number of ether oxygens (including phenoxy) is 2. The van der Waals surface area contributed by atoms with Gasteiger partial charge >= 0.3 is 6.03 Å². The highest BCUT2D eigenvalue weighted by Crippen LogP contribution is 2.33. The van der Waals surface area contributed by atoms with Gasteiger partial charge in [0, 0.05) is 13.1 Å². The highest BCUT2D eigenvalue weighted by molar-refractivity contribution is 5.75. The van der Waals surface area contributed by atoms with Crippen LogP contribution in [0.1, 0.15) is 40.8 Å². The second-order valence-corrected chi connectivity index (χ2v) is 7.24. The number of carbonyl (C=O) groups is 1. The van der Waals surface area contributed by atoms with Crippen LogP contribution in [0.3, 0.4) is 0 Å². The molecule has 2 aromatic carbocycles. The number of aryl methyl sites for hydroxylation is 2. The van der Waals surface area contributed by atoms with Crippen LogP contribution in [-0.2, 0) is 13.0 Å². The number of hydrogen-bond donors (Lipinski definition) is 1. The molecule has 5 heteroatoms. The minimum atomic E-state index is -0.0397. The third-order valence-electron chi connectivity index (χ3n) is 5.09. The molecule has 3 rings (SSSR count). The average Bonchev–Trinajstić information content (AvgIpc) is 2.65. The third-order valence-corrected chi connectivity index (χ3v) is 5.09. The van der Waals surface area contributed by atoms with Crippen molar-refractivity contribution in [1.82, 2.24) is 10.2 Å². The van der Waals surface area contributed by atoms with Gasteiger partial charge in [-0.2, -0.15) is 0 Å². The molecule has 0 spiro atoms. The maximum atomic E-state index is 12.8. The van der Waals surface area contributed by atoms with Crippen LogP contribution in [-0.4, -0.2) is 31.7 Å². The van der Waals surface area contributed by atoms with Crippen molar-refractivity contribution in [2.24, 2.45) is 0 Å². The molecule has 0 aromatic heterocycles. The van der Waals surface area contributed by atoms with Crippen LogP contribution < -0.4 is 14.8 Å². The zero-order valence-electron chi connectivity index (χ0n) is 16.8. The average molecular weight is 368 g/mol. The molecule has 0 bridgehead atoms. The highest BCUT2D eigenvalue weighted by Gasteiger charge is 2.24. The van der Waals surface area contributed by atoms with E-state index in [0.717, 1.165) is 23.3 Å². The number of rotatable bonds is 4. The Hall–Kier alpha value is -2.69. The largest absolute Gasteiger partial charge is 0.493 e. The first-order valence-electron chi connectivity index (χ1n) is 9.28. The standard InChI is InChI=1S/C22H28N2O3/c1-14-8-15(2)10-18(9-14)16(3)23-22(25)24-7-6-17-11-20(26-4)21(27-5)12-19(17)13-24/h8-12,16H,6-7,13H2,1-5H3,(H,23,25). The van der Waals surface area contributed by atoms with Crippen molar-refractivity contribution in [3.05, 3.63) is 58.1 Å². The van der Waals surface area contributed by atoms with E-state index in [2.05, 4.69) is 37.4 Å². The summed E-state index contributed by atoms with van der Waals surface area (Å²) in [6, 6.07) is 10.3. The summed E-state index contributed by atoms with van der Waals surface area (Å²) < 4.78 is 10.8. The van der Waals surface area contributed by atoms with Gasteiger partial charge in [0.2, 0.25) is 0 Å². The van der Waals surface area contributed by atoms with Crippen LogP contribution in [0, 0.1) is 13.8 Å². The summed E-state index contributed by atoms with van der Waals surface area (Å²) in [6.45, 7) is 7.44. The van der Waals surface area contributed by atoms with Gasteiger partial charge in [0.1, 0.15) is 0 Å². The van der Waals surface area contributed by atoms with Crippen molar-refractivity contribution in [3.8, 4) is 11.5 Å².